The molecule has 3 unspecified atom stereocenters. The molecular formula is C90H94Cl6N26O. The van der Waals surface area contributed by atoms with Crippen LogP contribution in [0, 0.1) is 34.5 Å². The fourth-order valence-electron chi connectivity index (χ4n) is 17.3. The van der Waals surface area contributed by atoms with E-state index in [0.717, 1.165) is 235 Å². The van der Waals surface area contributed by atoms with Gasteiger partial charge in [0.1, 0.15) is 62.3 Å². The Morgan fingerprint density at radius 3 is 1.29 bits per heavy atom. The Balaban J connectivity index is 0.000000105. The summed E-state index contributed by atoms with van der Waals surface area (Å²) < 4.78 is 5.99. The maximum Gasteiger partial charge on any atom is 0.202 e. The van der Waals surface area contributed by atoms with Gasteiger partial charge in [-0.05, 0) is 135 Å². The van der Waals surface area contributed by atoms with E-state index in [1.54, 1.807) is 6.07 Å². The number of rotatable bonds is 11. The Labute approximate surface area is 741 Å². The Morgan fingerprint density at radius 2 is 0.829 bits per heavy atom. The van der Waals surface area contributed by atoms with E-state index in [2.05, 4.69) is 164 Å². The molecule has 27 nitrogen and oxygen atoms in total. The lowest BCUT2D eigenvalue weighted by Crippen LogP contribution is -2.37. The summed E-state index contributed by atoms with van der Waals surface area (Å²) in [6.45, 7) is 28.7. The third-order valence-corrected chi connectivity index (χ3v) is 27.0. The molecular weight excluding hydrogens is 1670 g/mol. The topological polar surface area (TPSA) is 310 Å². The predicted molar refractivity (Wildman–Crippen MR) is 492 cm³/mol. The third-order valence-electron chi connectivity index (χ3n) is 25.2. The van der Waals surface area contributed by atoms with E-state index in [1.807, 2.05) is 140 Å². The minimum atomic E-state index is -0.146. The van der Waals surface area contributed by atoms with Crippen LogP contribution in [0.3, 0.4) is 0 Å². The molecule has 1 saturated carbocycles. The van der Waals surface area contributed by atoms with Gasteiger partial charge < -0.3 is 34.6 Å². The zero-order chi connectivity index (χ0) is 84.8. The molecule has 0 radical (unpaired) electrons. The number of H-pyrrole nitrogens is 5. The molecule has 0 bridgehead atoms. The summed E-state index contributed by atoms with van der Waals surface area (Å²) in [4.78, 5) is 58.1. The van der Waals surface area contributed by atoms with Crippen molar-refractivity contribution in [1.29, 1.82) is 0 Å². The van der Waals surface area contributed by atoms with Crippen LogP contribution in [0.2, 0.25) is 30.1 Å². The highest BCUT2D eigenvalue weighted by Gasteiger charge is 2.53. The minimum absolute atomic E-state index is 0.146. The summed E-state index contributed by atoms with van der Waals surface area (Å²) in [5.74, 6) is 8.47. The van der Waals surface area contributed by atoms with Crippen molar-refractivity contribution in [3.05, 3.63) is 189 Å². The monoisotopic (exact) mass is 1760 g/mol. The molecule has 632 valence electrons. The van der Waals surface area contributed by atoms with Crippen molar-refractivity contribution < 1.29 is 4.74 Å². The number of piperidine rings is 3. The molecule has 6 N–H and O–H groups in total. The van der Waals surface area contributed by atoms with Gasteiger partial charge in [0.15, 0.2) is 5.88 Å². The van der Waals surface area contributed by atoms with Crippen LogP contribution in [0.15, 0.2) is 159 Å². The zero-order valence-electron chi connectivity index (χ0n) is 69.1. The van der Waals surface area contributed by atoms with Gasteiger partial charge in [0.25, 0.3) is 0 Å². The van der Waals surface area contributed by atoms with Crippen molar-refractivity contribution in [2.75, 3.05) is 96.5 Å². The van der Waals surface area contributed by atoms with Gasteiger partial charge in [-0.3, -0.25) is 25.5 Å². The Kier molecular flexibility index (Phi) is 23.5. The van der Waals surface area contributed by atoms with E-state index in [1.165, 1.54) is 25.7 Å². The van der Waals surface area contributed by atoms with Crippen LogP contribution in [-0.4, -0.2) is 178 Å². The second-order valence-corrected chi connectivity index (χ2v) is 36.9. The van der Waals surface area contributed by atoms with Gasteiger partial charge in [0, 0.05) is 115 Å². The average molecular weight is 1770 g/mol. The first kappa shape index (κ1) is 82.9. The zero-order valence-corrected chi connectivity index (χ0v) is 73.7. The highest BCUT2D eigenvalue weighted by Crippen LogP contribution is 2.52. The maximum absolute atomic E-state index is 6.33. The molecule has 1 aliphatic carbocycles. The van der Waals surface area contributed by atoms with Crippen LogP contribution in [0.5, 0.6) is 0 Å². The first-order valence-corrected chi connectivity index (χ1v) is 44.2. The second kappa shape index (κ2) is 34.9. The van der Waals surface area contributed by atoms with Crippen molar-refractivity contribution in [3.63, 3.8) is 0 Å². The van der Waals surface area contributed by atoms with Gasteiger partial charge in [-0.15, -0.1) is 0 Å². The summed E-state index contributed by atoms with van der Waals surface area (Å²) in [5, 5.41) is 43.8. The van der Waals surface area contributed by atoms with Crippen LogP contribution in [-0.2, 0) is 4.74 Å². The molecule has 33 heteroatoms. The highest BCUT2D eigenvalue weighted by atomic mass is 35.5. The fraction of sp³-hybridized carbons (Fsp3) is 0.367. The van der Waals surface area contributed by atoms with Crippen LogP contribution in [0.4, 0.5) is 29.1 Å². The van der Waals surface area contributed by atoms with Gasteiger partial charge in [0.05, 0.1) is 81.1 Å². The molecule has 5 atom stereocenters. The van der Waals surface area contributed by atoms with Crippen LogP contribution >= 0.6 is 69.6 Å². The largest absolute Gasteiger partial charge is 0.471 e. The maximum atomic E-state index is 6.33. The Morgan fingerprint density at radius 1 is 0.415 bits per heavy atom. The van der Waals surface area contributed by atoms with Gasteiger partial charge in [0.2, 0.25) is 28.2 Å². The lowest BCUT2D eigenvalue weighted by atomic mass is 9.83. The van der Waals surface area contributed by atoms with E-state index < -0.39 is 0 Å². The quantitative estimate of drug-likeness (QED) is 0.0701. The van der Waals surface area contributed by atoms with E-state index in [4.69, 9.17) is 89.3 Å². The van der Waals surface area contributed by atoms with Crippen LogP contribution in [0.25, 0.3) is 112 Å². The molecule has 6 saturated heterocycles. The number of benzene rings is 5. The average Bonchev–Trinajstić information content (AvgIpc) is 1.58. The summed E-state index contributed by atoms with van der Waals surface area (Å²) in [7, 11) is 0. The number of anilines is 5. The number of nitrogens with zero attached hydrogens (tertiary/aromatic N) is 20. The smallest absolute Gasteiger partial charge is 0.202 e. The van der Waals surface area contributed by atoms with Crippen LogP contribution < -0.4 is 29.8 Å². The predicted octanol–water partition coefficient (Wildman–Crippen LogP) is 20.0. The molecule has 10 aromatic heterocycles. The number of fused-ring (bicyclic) bond motifs is 6. The van der Waals surface area contributed by atoms with Crippen molar-refractivity contribution in [2.24, 2.45) is 34.5 Å². The lowest BCUT2D eigenvalue weighted by Gasteiger charge is -2.37. The first-order chi connectivity index (χ1) is 59.5. The van der Waals surface area contributed by atoms with Gasteiger partial charge in [-0.25, -0.2) is 49.8 Å². The normalized spacial score (nSPS) is 20.2. The number of ether oxygens (including phenoxy) is 1. The summed E-state index contributed by atoms with van der Waals surface area (Å²) >= 11 is 36.9. The molecule has 15 aromatic rings. The molecule has 123 heavy (non-hydrogen) atoms. The van der Waals surface area contributed by atoms with Crippen molar-refractivity contribution in [3.8, 4) is 56.3 Å². The van der Waals surface area contributed by atoms with Gasteiger partial charge in [-0.1, -0.05) is 184 Å². The summed E-state index contributed by atoms with van der Waals surface area (Å²) in [6.07, 6.45) is 19.2. The number of aromatic amines is 5. The number of hydrogen-bond donors (Lipinski definition) is 6. The molecule has 16 heterocycles. The van der Waals surface area contributed by atoms with Crippen molar-refractivity contribution >= 4 is 155 Å². The number of aromatic nitrogens is 20. The van der Waals surface area contributed by atoms with E-state index in [0.29, 0.717) is 80.6 Å². The lowest BCUT2D eigenvalue weighted by molar-refractivity contribution is 0.0392. The van der Waals surface area contributed by atoms with Crippen molar-refractivity contribution in [2.45, 2.75) is 105 Å². The minimum Gasteiger partial charge on any atom is -0.471 e. The Bertz CT molecular complexity index is 6210. The molecule has 0 amide bonds. The fourth-order valence-corrected chi connectivity index (χ4v) is 18.4. The molecule has 6 aliphatic heterocycles. The van der Waals surface area contributed by atoms with E-state index in [9.17, 15) is 0 Å². The standard InChI is InChI=1S/C20H21ClN6O.C18H19Cl2N5.C18H20ClN5.C17H16ClN5.C17H18ClN5/c1-13-23-12-20(28-13)7-4-9-27(10-8-20)16-11-22-18-17(25-26-19(18)24-16)14-5-2-3-6-15(14)21;1-18(2)6-8-25(9-7-18)13-10-21-16-15(23-24-17(16)22-13)11-4-3-5-12(19)14(11)20;1-18(2)7-9-24(10-8-18)14-11-20-16-15(22-23-17(16)21-14)12-3-5-13(19)6-4-12;1-9-12-7-23(8-13(9)12)14-6-19-16-15(21-22-17(16)20-14)10-3-2-4-11(18)5-10;1-2-11-6-7-23(10-11)14-9-19-16-15(21-22-17(16)20-14)12-4-3-5-13(18)8-12/h2-3,5-6,11,23H,1,4,7-10,12H2,(H,24,25,26);3-5,10H,6-9H2,1-2H3,(H,22,23,24);3-6,11H,7-10H2,1-2H3,(H,21,22,23);2-6,9,12-13H,7-8H2,1H3,(H,20,21,22);3-5,8-9,11H,2,6-7,10H2,1H3,(H,20,21,22)/t;;;9?,12-,13+;. The third kappa shape index (κ3) is 17.9. The van der Waals surface area contributed by atoms with E-state index >= 15 is 0 Å². The van der Waals surface area contributed by atoms with Crippen LogP contribution in [0.1, 0.15) is 99.3 Å². The molecule has 1 spiro atoms. The second-order valence-electron chi connectivity index (χ2n) is 34.4. The number of nitrogens with one attached hydrogen (secondary N) is 6. The molecule has 22 rings (SSSR count). The number of halogens is 6. The van der Waals surface area contributed by atoms with Gasteiger partial charge in [-0.2, -0.15) is 25.5 Å². The van der Waals surface area contributed by atoms with Crippen molar-refractivity contribution in [1.82, 2.24) is 106 Å². The summed E-state index contributed by atoms with van der Waals surface area (Å²) in [5.41, 5.74) is 16.3. The SMILES string of the molecule is C=C1NCC2(CCCN(c3cnc4c(-c5ccccc5Cl)[nH]nc4n3)CC2)O1.CC1(C)CCN(c2cnc3c(-c4ccc(Cl)cc4)[nH]nc3n2)CC1.CC1(C)CCN(c2cnc3c(-c4cccc(Cl)c4Cl)[nH]nc3n2)CC1.CC1[C@H]2CN(c3cnc4c(-c5cccc(Cl)c5)[nH]nc4n3)C[C@@H]12.CCC1CCN(c2cnc3c(-c4cccc(Cl)c4)[nH]nc3n2)C1. The highest BCUT2D eigenvalue weighted by molar-refractivity contribution is 6.44. The Hall–Kier alpha value is -11.1. The van der Waals surface area contributed by atoms with Gasteiger partial charge >= 0.3 is 0 Å². The number of hydrogen-bond acceptors (Lipinski definition) is 22. The molecule has 7 aliphatic rings. The first-order valence-electron chi connectivity index (χ1n) is 41.9. The molecule has 7 fully saturated rings. The van der Waals surface area contributed by atoms with E-state index in [-0.39, 0.29) is 5.60 Å². The molecule has 5 aromatic carbocycles. The summed E-state index contributed by atoms with van der Waals surface area (Å²) in [6, 6.07) is 36.1.